The topological polar surface area (TPSA) is 55.7 Å². The molecule has 0 unspecified atom stereocenters. The average molecular weight is 345 g/mol. The van der Waals surface area contributed by atoms with Gasteiger partial charge in [0, 0.05) is 18.6 Å². The largest absolute Gasteiger partial charge is 0.367 e. The number of ether oxygens (including phenoxy) is 1. The summed E-state index contributed by atoms with van der Waals surface area (Å²) in [5.41, 5.74) is 1.81. The van der Waals surface area contributed by atoms with Crippen LogP contribution in [-0.2, 0) is 25.7 Å². The molecule has 0 aliphatic heterocycles. The first kappa shape index (κ1) is 18.4. The number of hydrogen-bond donors (Lipinski definition) is 0. The minimum Gasteiger partial charge on any atom is -0.367 e. The minimum atomic E-state index is -2.59. The highest BCUT2D eigenvalue weighted by molar-refractivity contribution is 7.93. The molecule has 0 aliphatic rings. The Morgan fingerprint density at radius 3 is 2.21 bits per heavy atom. The second-order valence-electron chi connectivity index (χ2n) is 5.46. The van der Waals surface area contributed by atoms with Crippen molar-refractivity contribution in [3.63, 3.8) is 0 Å². The number of methoxy groups -OCH3 is 1. The number of carbonyl (C=O) groups excluding carboxylic acids is 1. The molecule has 1 amide bonds. The van der Waals surface area contributed by atoms with E-state index in [2.05, 4.69) is 4.36 Å². The maximum Gasteiger partial charge on any atom is 0.287 e. The minimum absolute atomic E-state index is 0.344. The normalized spacial score (nSPS) is 14.6. The first-order valence-electron chi connectivity index (χ1n) is 7.96. The van der Waals surface area contributed by atoms with Crippen molar-refractivity contribution in [2.75, 3.05) is 18.6 Å². The van der Waals surface area contributed by atoms with Crippen LogP contribution in [0.5, 0.6) is 0 Å². The SMILES string of the molecule is CC[S@@](=O)(CCc1ccccc1)=NC(=O)[C@@H](OC)c1ccccc1. The Morgan fingerprint density at radius 2 is 1.67 bits per heavy atom. The lowest BCUT2D eigenvalue weighted by Gasteiger charge is -2.13. The molecule has 4 nitrogen and oxygen atoms in total. The quantitative estimate of drug-likeness (QED) is 0.770. The number of nitrogens with zero attached hydrogens (tertiary/aromatic N) is 1. The molecule has 2 atom stereocenters. The van der Waals surface area contributed by atoms with E-state index < -0.39 is 21.7 Å². The molecular formula is C19H23NO3S. The van der Waals surface area contributed by atoms with E-state index in [-0.39, 0.29) is 0 Å². The Hall–Kier alpha value is -1.98. The van der Waals surface area contributed by atoms with E-state index in [1.54, 1.807) is 19.1 Å². The van der Waals surface area contributed by atoms with Gasteiger partial charge in [0.2, 0.25) is 0 Å². The van der Waals surface area contributed by atoms with Gasteiger partial charge in [0.25, 0.3) is 5.91 Å². The molecular weight excluding hydrogens is 322 g/mol. The van der Waals surface area contributed by atoms with Crippen molar-refractivity contribution in [3.8, 4) is 0 Å². The van der Waals surface area contributed by atoms with Gasteiger partial charge in [-0.25, -0.2) is 4.21 Å². The van der Waals surface area contributed by atoms with Crippen LogP contribution in [0.4, 0.5) is 0 Å². The predicted octanol–water partition coefficient (Wildman–Crippen LogP) is 3.63. The third-order valence-corrected chi connectivity index (χ3v) is 6.08. The number of aryl methyl sites for hydroxylation is 1. The van der Waals surface area contributed by atoms with Gasteiger partial charge >= 0.3 is 0 Å². The van der Waals surface area contributed by atoms with Crippen molar-refractivity contribution in [3.05, 3.63) is 71.8 Å². The van der Waals surface area contributed by atoms with Crippen LogP contribution in [0.25, 0.3) is 0 Å². The molecule has 0 aliphatic carbocycles. The van der Waals surface area contributed by atoms with Crippen molar-refractivity contribution in [1.82, 2.24) is 0 Å². The lowest BCUT2D eigenvalue weighted by atomic mass is 10.1. The number of hydrogen-bond acceptors (Lipinski definition) is 3. The summed E-state index contributed by atoms with van der Waals surface area (Å²) in [7, 11) is -1.13. The summed E-state index contributed by atoms with van der Waals surface area (Å²) in [6.07, 6.45) is -0.178. The zero-order valence-electron chi connectivity index (χ0n) is 14.1. The van der Waals surface area contributed by atoms with Crippen LogP contribution >= 0.6 is 0 Å². The standard InChI is InChI=1S/C19H23NO3S/c1-3-24(22,15-14-16-10-6-4-7-11-16)20-19(21)18(23-2)17-12-8-5-9-13-17/h4-13,18H,3,14-15H2,1-2H3/t18-,24+/m0/s1. The zero-order valence-corrected chi connectivity index (χ0v) is 14.9. The van der Waals surface area contributed by atoms with Crippen LogP contribution in [0.3, 0.4) is 0 Å². The maximum atomic E-state index is 12.9. The molecule has 128 valence electrons. The first-order valence-corrected chi connectivity index (χ1v) is 9.81. The second-order valence-corrected chi connectivity index (χ2v) is 8.17. The molecule has 0 heterocycles. The highest BCUT2D eigenvalue weighted by atomic mass is 32.2. The van der Waals surface area contributed by atoms with Gasteiger partial charge < -0.3 is 4.74 Å². The Balaban J connectivity index is 2.17. The van der Waals surface area contributed by atoms with Gasteiger partial charge in [-0.3, -0.25) is 4.79 Å². The van der Waals surface area contributed by atoms with E-state index >= 15 is 0 Å². The Bertz CT molecular complexity index is 766. The van der Waals surface area contributed by atoms with Crippen LogP contribution < -0.4 is 0 Å². The molecule has 2 rings (SSSR count). The Kier molecular flexibility index (Phi) is 6.70. The molecule has 0 radical (unpaired) electrons. The monoisotopic (exact) mass is 345 g/mol. The number of rotatable bonds is 7. The summed E-state index contributed by atoms with van der Waals surface area (Å²) in [5, 5.41) is 0. The van der Waals surface area contributed by atoms with Gasteiger partial charge in [-0.1, -0.05) is 67.6 Å². The van der Waals surface area contributed by atoms with Crippen molar-refractivity contribution in [1.29, 1.82) is 0 Å². The molecule has 2 aromatic rings. The van der Waals surface area contributed by atoms with Gasteiger partial charge in [-0.15, -0.1) is 0 Å². The van der Waals surface area contributed by atoms with Crippen LogP contribution in [0, 0.1) is 0 Å². The molecule has 5 heteroatoms. The molecule has 0 saturated heterocycles. The van der Waals surface area contributed by atoms with E-state index in [0.29, 0.717) is 17.9 Å². The summed E-state index contributed by atoms with van der Waals surface area (Å²) in [6, 6.07) is 19.0. The molecule has 0 bridgehead atoms. The predicted molar refractivity (Wildman–Crippen MR) is 97.3 cm³/mol. The average Bonchev–Trinajstić information content (AvgIpc) is 2.62. The second kappa shape index (κ2) is 8.76. The fraction of sp³-hybridized carbons (Fsp3) is 0.316. The third-order valence-electron chi connectivity index (χ3n) is 3.82. The number of benzene rings is 2. The van der Waals surface area contributed by atoms with Crippen LogP contribution in [0.2, 0.25) is 0 Å². The van der Waals surface area contributed by atoms with Crippen molar-refractivity contribution in [2.24, 2.45) is 4.36 Å². The zero-order chi connectivity index (χ0) is 17.4. The van der Waals surface area contributed by atoms with Crippen LogP contribution in [-0.4, -0.2) is 28.7 Å². The van der Waals surface area contributed by atoms with Gasteiger partial charge in [0.1, 0.15) is 0 Å². The fourth-order valence-electron chi connectivity index (χ4n) is 2.40. The van der Waals surface area contributed by atoms with E-state index in [1.807, 2.05) is 48.5 Å². The highest BCUT2D eigenvalue weighted by Gasteiger charge is 2.21. The van der Waals surface area contributed by atoms with E-state index in [9.17, 15) is 9.00 Å². The lowest BCUT2D eigenvalue weighted by Crippen LogP contribution is -2.18. The van der Waals surface area contributed by atoms with Crippen molar-refractivity contribution >= 4 is 15.6 Å². The first-order chi connectivity index (χ1) is 11.6. The van der Waals surface area contributed by atoms with E-state index in [4.69, 9.17) is 4.74 Å². The Labute approximate surface area is 144 Å². The summed E-state index contributed by atoms with van der Waals surface area (Å²) in [5.74, 6) is 0.227. The smallest absolute Gasteiger partial charge is 0.287 e. The number of carbonyl (C=O) groups is 1. The van der Waals surface area contributed by atoms with E-state index in [1.165, 1.54) is 7.11 Å². The number of amides is 1. The Morgan fingerprint density at radius 1 is 1.08 bits per heavy atom. The summed E-state index contributed by atoms with van der Waals surface area (Å²) < 4.78 is 22.3. The van der Waals surface area contributed by atoms with Crippen molar-refractivity contribution < 1.29 is 13.7 Å². The van der Waals surface area contributed by atoms with Crippen LogP contribution in [0.15, 0.2) is 65.0 Å². The van der Waals surface area contributed by atoms with Gasteiger partial charge in [-0.2, -0.15) is 4.36 Å². The highest BCUT2D eigenvalue weighted by Crippen LogP contribution is 2.19. The fourth-order valence-corrected chi connectivity index (χ4v) is 3.88. The molecule has 0 aromatic heterocycles. The molecule has 24 heavy (non-hydrogen) atoms. The van der Waals surface area contributed by atoms with Gasteiger partial charge in [0.15, 0.2) is 6.10 Å². The molecule has 0 saturated carbocycles. The third kappa shape index (κ3) is 5.01. The summed E-state index contributed by atoms with van der Waals surface area (Å²) in [6.45, 7) is 1.80. The lowest BCUT2D eigenvalue weighted by molar-refractivity contribution is -0.127. The van der Waals surface area contributed by atoms with Crippen molar-refractivity contribution in [2.45, 2.75) is 19.4 Å². The molecule has 0 fully saturated rings. The van der Waals surface area contributed by atoms with E-state index in [0.717, 1.165) is 11.1 Å². The summed E-state index contributed by atoms with van der Waals surface area (Å²) in [4.78, 5) is 12.5. The molecule has 0 N–H and O–H groups in total. The maximum absolute atomic E-state index is 12.9. The summed E-state index contributed by atoms with van der Waals surface area (Å²) >= 11 is 0. The molecule has 0 spiro atoms. The molecule has 2 aromatic carbocycles. The van der Waals surface area contributed by atoms with Crippen LogP contribution in [0.1, 0.15) is 24.2 Å². The van der Waals surface area contributed by atoms with Gasteiger partial charge in [0.05, 0.1) is 9.73 Å². The van der Waals surface area contributed by atoms with Gasteiger partial charge in [-0.05, 0) is 17.5 Å².